The van der Waals surface area contributed by atoms with Gasteiger partial charge in [0.05, 0.1) is 16.7 Å². The summed E-state index contributed by atoms with van der Waals surface area (Å²) in [6.07, 6.45) is 8.19. The summed E-state index contributed by atoms with van der Waals surface area (Å²) in [7, 11) is 0. The molecule has 2 aliphatic rings. The average molecular weight is 444 g/mol. The first kappa shape index (κ1) is 23.2. The quantitative estimate of drug-likeness (QED) is 0.547. The molecule has 2 amide bonds. The Morgan fingerprint density at radius 3 is 2.33 bits per heavy atom. The van der Waals surface area contributed by atoms with Crippen LogP contribution in [0.25, 0.3) is 6.08 Å². The van der Waals surface area contributed by atoms with E-state index in [4.69, 9.17) is 0 Å². The van der Waals surface area contributed by atoms with Crippen LogP contribution in [0.5, 0.6) is 0 Å². The maximum Gasteiger partial charge on any atom is 0.261 e. The predicted molar refractivity (Wildman–Crippen MR) is 132 cm³/mol. The van der Waals surface area contributed by atoms with Crippen molar-refractivity contribution in [2.24, 2.45) is 5.41 Å². The number of benzene rings is 2. The summed E-state index contributed by atoms with van der Waals surface area (Å²) in [6, 6.07) is 14.7. The molecule has 172 valence electrons. The second kappa shape index (κ2) is 8.75. The second-order valence-corrected chi connectivity index (χ2v) is 10.2. The number of hydrogen-bond donors (Lipinski definition) is 1. The Hall–Kier alpha value is -2.98. The number of allylic oxidation sites excluding steroid dienone is 3. The first-order chi connectivity index (χ1) is 15.6. The van der Waals surface area contributed by atoms with Crippen LogP contribution >= 0.6 is 0 Å². The van der Waals surface area contributed by atoms with Gasteiger partial charge in [-0.3, -0.25) is 14.5 Å². The second-order valence-electron chi connectivity index (χ2n) is 10.2. The van der Waals surface area contributed by atoms with Crippen LogP contribution in [0.2, 0.25) is 0 Å². The Morgan fingerprint density at radius 2 is 1.70 bits per heavy atom. The Labute approximate surface area is 196 Å². The van der Waals surface area contributed by atoms with E-state index in [0.717, 1.165) is 17.5 Å². The molecule has 1 aliphatic heterocycles. The van der Waals surface area contributed by atoms with Crippen molar-refractivity contribution in [3.05, 3.63) is 88.0 Å². The number of hydrogen-bond acceptors (Lipinski definition) is 3. The van der Waals surface area contributed by atoms with Crippen molar-refractivity contribution in [2.45, 2.75) is 59.0 Å². The molecule has 0 saturated heterocycles. The van der Waals surface area contributed by atoms with Gasteiger partial charge in [0.15, 0.2) is 0 Å². The van der Waals surface area contributed by atoms with Crippen molar-refractivity contribution in [2.75, 3.05) is 6.54 Å². The van der Waals surface area contributed by atoms with Gasteiger partial charge in [0.25, 0.3) is 11.8 Å². The van der Waals surface area contributed by atoms with E-state index in [9.17, 15) is 14.7 Å². The molecule has 0 radical (unpaired) electrons. The SMILES string of the molecule is CC1=C(C=Cc2cccc(C(C)(O)CCN3C(=O)c4ccccc4C3=O)c2)C(C)(C)CCC1. The average Bonchev–Trinajstić information content (AvgIpc) is 3.02. The van der Waals surface area contributed by atoms with Crippen molar-refractivity contribution in [1.82, 2.24) is 4.90 Å². The lowest BCUT2D eigenvalue weighted by molar-refractivity contribution is 0.0339. The third-order valence-electron chi connectivity index (χ3n) is 7.19. The normalized spacial score (nSPS) is 19.8. The molecule has 4 nitrogen and oxygen atoms in total. The Balaban J connectivity index is 1.49. The highest BCUT2D eigenvalue weighted by Gasteiger charge is 2.36. The summed E-state index contributed by atoms with van der Waals surface area (Å²) in [5, 5.41) is 11.2. The minimum atomic E-state index is -1.17. The third-order valence-corrected chi connectivity index (χ3v) is 7.19. The lowest BCUT2D eigenvalue weighted by Crippen LogP contribution is -2.35. The molecule has 0 saturated carbocycles. The number of amides is 2. The van der Waals surface area contributed by atoms with Crippen molar-refractivity contribution in [3.63, 3.8) is 0 Å². The van der Waals surface area contributed by atoms with Gasteiger partial charge in [-0.1, -0.05) is 61.9 Å². The summed E-state index contributed by atoms with van der Waals surface area (Å²) < 4.78 is 0. The molecule has 1 N–H and O–H groups in total. The number of fused-ring (bicyclic) bond motifs is 1. The fraction of sp³-hybridized carbons (Fsp3) is 0.379. The van der Waals surface area contributed by atoms with Crippen molar-refractivity contribution >= 4 is 17.9 Å². The first-order valence-electron chi connectivity index (χ1n) is 11.8. The van der Waals surface area contributed by atoms with Gasteiger partial charge >= 0.3 is 0 Å². The number of aliphatic hydroxyl groups is 1. The molecule has 2 aromatic rings. The molecule has 2 aromatic carbocycles. The van der Waals surface area contributed by atoms with E-state index < -0.39 is 5.60 Å². The number of imide groups is 1. The lowest BCUT2D eigenvalue weighted by atomic mass is 9.72. The number of carbonyl (C=O) groups is 2. The van der Waals surface area contributed by atoms with Crippen LogP contribution in [0.4, 0.5) is 0 Å². The summed E-state index contributed by atoms with van der Waals surface area (Å²) in [5.41, 5.74) is 4.52. The third kappa shape index (κ3) is 4.58. The van der Waals surface area contributed by atoms with Gasteiger partial charge in [0, 0.05) is 6.54 Å². The molecule has 0 fully saturated rings. The minimum Gasteiger partial charge on any atom is -0.385 e. The largest absolute Gasteiger partial charge is 0.385 e. The molecule has 4 rings (SSSR count). The molecule has 33 heavy (non-hydrogen) atoms. The van der Waals surface area contributed by atoms with Crippen LogP contribution in [0, 0.1) is 5.41 Å². The van der Waals surface area contributed by atoms with Crippen molar-refractivity contribution in [1.29, 1.82) is 0 Å². The molecular weight excluding hydrogens is 410 g/mol. The monoisotopic (exact) mass is 443 g/mol. The van der Waals surface area contributed by atoms with Gasteiger partial charge in [-0.05, 0) is 79.8 Å². The molecule has 0 aromatic heterocycles. The highest BCUT2D eigenvalue weighted by Crippen LogP contribution is 2.41. The van der Waals surface area contributed by atoms with Gasteiger partial charge in [-0.15, -0.1) is 0 Å². The smallest absolute Gasteiger partial charge is 0.261 e. The molecule has 1 atom stereocenters. The molecular formula is C29H33NO3. The van der Waals surface area contributed by atoms with E-state index in [2.05, 4.69) is 32.9 Å². The van der Waals surface area contributed by atoms with E-state index in [1.165, 1.54) is 28.9 Å². The van der Waals surface area contributed by atoms with E-state index in [1.54, 1.807) is 31.2 Å². The molecule has 4 heteroatoms. The van der Waals surface area contributed by atoms with E-state index in [-0.39, 0.29) is 30.2 Å². The highest BCUT2D eigenvalue weighted by molar-refractivity contribution is 6.21. The van der Waals surface area contributed by atoms with Crippen LogP contribution in [0.1, 0.15) is 85.2 Å². The van der Waals surface area contributed by atoms with Gasteiger partial charge < -0.3 is 5.11 Å². The summed E-state index contributed by atoms with van der Waals surface area (Å²) in [4.78, 5) is 26.5. The Bertz CT molecular complexity index is 1120. The first-order valence-corrected chi connectivity index (χ1v) is 11.8. The van der Waals surface area contributed by atoms with Crippen LogP contribution in [0.15, 0.2) is 65.8 Å². The summed E-state index contributed by atoms with van der Waals surface area (Å²) in [6.45, 7) is 8.73. The van der Waals surface area contributed by atoms with Gasteiger partial charge in [0.2, 0.25) is 0 Å². The molecule has 0 spiro atoms. The molecule has 1 unspecified atom stereocenters. The standard InChI is InChI=1S/C29H33NO3/c1-20-9-8-16-28(2,3)25(20)15-14-21-10-7-11-22(19-21)29(4,33)17-18-30-26(31)23-12-5-6-13-24(23)27(30)32/h5-7,10-15,19,33H,8-9,16-18H2,1-4H3. The van der Waals surface area contributed by atoms with Crippen LogP contribution in [0.3, 0.4) is 0 Å². The van der Waals surface area contributed by atoms with E-state index in [0.29, 0.717) is 11.1 Å². The Morgan fingerprint density at radius 1 is 1.03 bits per heavy atom. The van der Waals surface area contributed by atoms with E-state index >= 15 is 0 Å². The lowest BCUT2D eigenvalue weighted by Gasteiger charge is -2.33. The van der Waals surface area contributed by atoms with Crippen LogP contribution in [-0.2, 0) is 5.60 Å². The Kier molecular flexibility index (Phi) is 6.15. The maximum atomic E-state index is 12.6. The molecule has 0 bridgehead atoms. The number of nitrogens with zero attached hydrogens (tertiary/aromatic N) is 1. The van der Waals surface area contributed by atoms with Gasteiger partial charge in [-0.25, -0.2) is 0 Å². The topological polar surface area (TPSA) is 57.6 Å². The van der Waals surface area contributed by atoms with Gasteiger partial charge in [0.1, 0.15) is 0 Å². The molecule has 1 aliphatic carbocycles. The zero-order valence-electron chi connectivity index (χ0n) is 20.0. The van der Waals surface area contributed by atoms with Crippen LogP contribution < -0.4 is 0 Å². The molecule has 1 heterocycles. The number of rotatable bonds is 6. The predicted octanol–water partition coefficient (Wildman–Crippen LogP) is 6.12. The highest BCUT2D eigenvalue weighted by atomic mass is 16.3. The van der Waals surface area contributed by atoms with Gasteiger partial charge in [-0.2, -0.15) is 0 Å². The zero-order valence-corrected chi connectivity index (χ0v) is 20.0. The van der Waals surface area contributed by atoms with Crippen molar-refractivity contribution in [3.8, 4) is 0 Å². The maximum absolute atomic E-state index is 12.6. The van der Waals surface area contributed by atoms with Crippen molar-refractivity contribution < 1.29 is 14.7 Å². The number of carbonyl (C=O) groups excluding carboxylic acids is 2. The summed E-state index contributed by atoms with van der Waals surface area (Å²) in [5.74, 6) is -0.580. The fourth-order valence-electron chi connectivity index (χ4n) is 5.08. The minimum absolute atomic E-state index is 0.166. The summed E-state index contributed by atoms with van der Waals surface area (Å²) >= 11 is 0. The van der Waals surface area contributed by atoms with E-state index in [1.807, 2.05) is 24.3 Å². The fourth-order valence-corrected chi connectivity index (χ4v) is 5.08. The van der Waals surface area contributed by atoms with Crippen LogP contribution in [-0.4, -0.2) is 28.4 Å². The zero-order chi connectivity index (χ0) is 23.8.